The first-order valence-electron chi connectivity index (χ1n) is 5.89. The molecule has 3 N–H and O–H groups in total. The molecule has 7 nitrogen and oxygen atoms in total. The third kappa shape index (κ3) is 4.10. The first kappa shape index (κ1) is 16.3. The predicted octanol–water partition coefficient (Wildman–Crippen LogP) is 1.07. The van der Waals surface area contributed by atoms with Crippen LogP contribution < -0.4 is 4.72 Å². The molecule has 1 aromatic rings. The second-order valence-corrected chi connectivity index (χ2v) is 6.30. The quantitative estimate of drug-likeness (QED) is 0.681. The molecule has 20 heavy (non-hydrogen) atoms. The molecule has 0 aliphatic rings. The largest absolute Gasteiger partial charge is 0.508 e. The van der Waals surface area contributed by atoms with Crippen molar-refractivity contribution in [3.8, 4) is 5.75 Å². The van der Waals surface area contributed by atoms with E-state index < -0.39 is 16.2 Å². The zero-order chi connectivity index (χ0) is 15.5. The van der Waals surface area contributed by atoms with Crippen molar-refractivity contribution in [2.45, 2.75) is 20.3 Å². The van der Waals surface area contributed by atoms with Gasteiger partial charge in [0, 0.05) is 13.6 Å². The molecular formula is C12H18N2O5S. The molecular weight excluding hydrogens is 284 g/mol. The molecule has 8 heteroatoms. The summed E-state index contributed by atoms with van der Waals surface area (Å²) in [7, 11) is -2.52. The number of nitrogens with one attached hydrogen (secondary N) is 1. The van der Waals surface area contributed by atoms with Crippen LogP contribution in [0.15, 0.2) is 12.1 Å². The molecule has 1 aromatic carbocycles. The molecule has 0 bridgehead atoms. The fourth-order valence-electron chi connectivity index (χ4n) is 1.50. The lowest BCUT2D eigenvalue weighted by atomic mass is 10.1. The molecule has 0 fully saturated rings. The number of rotatable bonds is 6. The van der Waals surface area contributed by atoms with Crippen LogP contribution in [0.3, 0.4) is 0 Å². The Morgan fingerprint density at radius 2 is 1.90 bits per heavy atom. The molecule has 1 rings (SSSR count). The van der Waals surface area contributed by atoms with Gasteiger partial charge in [-0.15, -0.1) is 0 Å². The average molecular weight is 302 g/mol. The van der Waals surface area contributed by atoms with Gasteiger partial charge in [0.25, 0.3) is 0 Å². The van der Waals surface area contributed by atoms with E-state index in [2.05, 4.69) is 4.72 Å². The summed E-state index contributed by atoms with van der Waals surface area (Å²) in [5.41, 5.74) is 1.47. The molecule has 112 valence electrons. The number of hydrogen-bond acceptors (Lipinski definition) is 4. The smallest absolute Gasteiger partial charge is 0.304 e. The number of carboxylic acid groups (broad SMARTS) is 1. The zero-order valence-electron chi connectivity index (χ0n) is 11.5. The van der Waals surface area contributed by atoms with Gasteiger partial charge < -0.3 is 10.2 Å². The summed E-state index contributed by atoms with van der Waals surface area (Å²) in [6.07, 6.45) is -0.273. The number of aromatic hydroxyl groups is 1. The SMILES string of the molecule is Cc1cc(NS(=O)(=O)N(C)CCC(=O)O)c(C)cc1O. The van der Waals surface area contributed by atoms with E-state index in [0.29, 0.717) is 16.8 Å². The number of nitrogens with zero attached hydrogens (tertiary/aromatic N) is 1. The van der Waals surface area contributed by atoms with Crippen molar-refractivity contribution in [1.82, 2.24) is 4.31 Å². The third-order valence-corrected chi connectivity index (χ3v) is 4.31. The summed E-state index contributed by atoms with van der Waals surface area (Å²) in [4.78, 5) is 10.5. The number of carbonyl (C=O) groups is 1. The van der Waals surface area contributed by atoms with E-state index in [1.165, 1.54) is 19.2 Å². The van der Waals surface area contributed by atoms with E-state index in [1.807, 2.05) is 0 Å². The van der Waals surface area contributed by atoms with E-state index in [0.717, 1.165) is 4.31 Å². The van der Waals surface area contributed by atoms with Crippen molar-refractivity contribution in [3.05, 3.63) is 23.3 Å². The Hall–Kier alpha value is -1.80. The predicted molar refractivity (Wildman–Crippen MR) is 75.0 cm³/mol. The summed E-state index contributed by atoms with van der Waals surface area (Å²) < 4.78 is 27.3. The Kier molecular flexibility index (Phi) is 4.96. The second-order valence-electron chi connectivity index (χ2n) is 4.53. The highest BCUT2D eigenvalue weighted by Crippen LogP contribution is 2.26. The molecule has 0 aliphatic carbocycles. The van der Waals surface area contributed by atoms with Crippen LogP contribution in [0, 0.1) is 13.8 Å². The normalized spacial score (nSPS) is 11.6. The maximum Gasteiger partial charge on any atom is 0.304 e. The molecule has 0 heterocycles. The van der Waals surface area contributed by atoms with Crippen LogP contribution in [-0.4, -0.2) is 42.5 Å². The highest BCUT2D eigenvalue weighted by Gasteiger charge is 2.19. The summed E-state index contributed by atoms with van der Waals surface area (Å²) in [6, 6.07) is 2.98. The van der Waals surface area contributed by atoms with Crippen molar-refractivity contribution in [2.24, 2.45) is 0 Å². The minimum Gasteiger partial charge on any atom is -0.508 e. The minimum atomic E-state index is -3.82. The monoisotopic (exact) mass is 302 g/mol. The highest BCUT2D eigenvalue weighted by atomic mass is 32.2. The third-order valence-electron chi connectivity index (χ3n) is 2.83. The van der Waals surface area contributed by atoms with Crippen molar-refractivity contribution in [1.29, 1.82) is 0 Å². The van der Waals surface area contributed by atoms with Crippen molar-refractivity contribution in [3.63, 3.8) is 0 Å². The number of phenolic OH excluding ortho intramolecular Hbond substituents is 1. The Morgan fingerprint density at radius 1 is 1.30 bits per heavy atom. The Labute approximate surface area is 118 Å². The maximum absolute atomic E-state index is 12.0. The van der Waals surface area contributed by atoms with Crippen LogP contribution in [0.1, 0.15) is 17.5 Å². The zero-order valence-corrected chi connectivity index (χ0v) is 12.4. The van der Waals surface area contributed by atoms with Gasteiger partial charge in [-0.3, -0.25) is 9.52 Å². The lowest BCUT2D eigenvalue weighted by Gasteiger charge is -2.19. The molecule has 0 atom stereocenters. The maximum atomic E-state index is 12.0. The summed E-state index contributed by atoms with van der Waals surface area (Å²) in [5.74, 6) is -0.978. The van der Waals surface area contributed by atoms with Crippen LogP contribution in [0.4, 0.5) is 5.69 Å². The van der Waals surface area contributed by atoms with E-state index in [4.69, 9.17) is 5.11 Å². The average Bonchev–Trinajstić information content (AvgIpc) is 2.32. The van der Waals surface area contributed by atoms with E-state index in [-0.39, 0.29) is 18.7 Å². The molecule has 0 aromatic heterocycles. The first-order valence-corrected chi connectivity index (χ1v) is 7.33. The lowest BCUT2D eigenvalue weighted by molar-refractivity contribution is -0.137. The van der Waals surface area contributed by atoms with Gasteiger partial charge in [-0.25, -0.2) is 0 Å². The molecule has 0 saturated carbocycles. The van der Waals surface area contributed by atoms with E-state index >= 15 is 0 Å². The molecule has 0 aliphatic heterocycles. The Morgan fingerprint density at radius 3 is 2.45 bits per heavy atom. The topological polar surface area (TPSA) is 107 Å². The fourth-order valence-corrected chi connectivity index (χ4v) is 2.49. The summed E-state index contributed by atoms with van der Waals surface area (Å²) >= 11 is 0. The van der Waals surface area contributed by atoms with Crippen molar-refractivity contribution in [2.75, 3.05) is 18.3 Å². The van der Waals surface area contributed by atoms with E-state index in [9.17, 15) is 18.3 Å². The minimum absolute atomic E-state index is 0.0877. The van der Waals surface area contributed by atoms with Gasteiger partial charge in [-0.2, -0.15) is 12.7 Å². The van der Waals surface area contributed by atoms with Gasteiger partial charge in [0.05, 0.1) is 12.1 Å². The first-order chi connectivity index (χ1) is 9.13. The standard InChI is InChI=1S/C12H18N2O5S/c1-8-7-11(15)9(2)6-10(8)13-20(18,19)14(3)5-4-12(16)17/h6-7,13,15H,4-5H2,1-3H3,(H,16,17). The number of benzene rings is 1. The molecule has 0 spiro atoms. The number of aliphatic carboxylic acids is 1. The van der Waals surface area contributed by atoms with Crippen LogP contribution >= 0.6 is 0 Å². The molecule has 0 saturated heterocycles. The lowest BCUT2D eigenvalue weighted by Crippen LogP contribution is -2.34. The number of carboxylic acids is 1. The van der Waals surface area contributed by atoms with Gasteiger partial charge in [0.2, 0.25) is 0 Å². The summed E-state index contributed by atoms with van der Waals surface area (Å²) in [5, 5.41) is 18.1. The van der Waals surface area contributed by atoms with E-state index in [1.54, 1.807) is 13.8 Å². The van der Waals surface area contributed by atoms with Crippen LogP contribution in [-0.2, 0) is 15.0 Å². The Bertz CT molecular complexity index is 613. The summed E-state index contributed by atoms with van der Waals surface area (Å²) in [6.45, 7) is 3.19. The van der Waals surface area contributed by atoms with Crippen LogP contribution in [0.2, 0.25) is 0 Å². The number of hydrogen-bond donors (Lipinski definition) is 3. The van der Waals surface area contributed by atoms with Crippen molar-refractivity contribution >= 4 is 21.9 Å². The van der Waals surface area contributed by atoms with Gasteiger partial charge >= 0.3 is 16.2 Å². The molecule has 0 unspecified atom stereocenters. The van der Waals surface area contributed by atoms with Crippen molar-refractivity contribution < 1.29 is 23.4 Å². The molecule has 0 radical (unpaired) electrons. The molecule has 0 amide bonds. The second kappa shape index (κ2) is 6.10. The van der Waals surface area contributed by atoms with Gasteiger partial charge in [0.15, 0.2) is 0 Å². The Balaban J connectivity index is 2.91. The number of anilines is 1. The number of phenols is 1. The van der Waals surface area contributed by atoms with Crippen LogP contribution in [0.5, 0.6) is 5.75 Å². The van der Waals surface area contributed by atoms with Gasteiger partial charge in [-0.1, -0.05) is 0 Å². The van der Waals surface area contributed by atoms with Gasteiger partial charge in [-0.05, 0) is 37.1 Å². The number of aryl methyl sites for hydroxylation is 2. The fraction of sp³-hybridized carbons (Fsp3) is 0.417. The van der Waals surface area contributed by atoms with Gasteiger partial charge in [0.1, 0.15) is 5.75 Å². The highest BCUT2D eigenvalue weighted by molar-refractivity contribution is 7.90. The van der Waals surface area contributed by atoms with Crippen LogP contribution in [0.25, 0.3) is 0 Å².